The van der Waals surface area contributed by atoms with Gasteiger partial charge in [0.05, 0.1) is 11.1 Å². The Morgan fingerprint density at radius 2 is 2.06 bits per heavy atom. The van der Waals surface area contributed by atoms with Crippen molar-refractivity contribution in [3.05, 3.63) is 69.0 Å². The van der Waals surface area contributed by atoms with Crippen LogP contribution in [0.25, 0.3) is 21.9 Å². The molecular formula is C25H26ClN5O3. The number of carboxylic acids is 1. The molecule has 1 atom stereocenters. The van der Waals surface area contributed by atoms with E-state index in [1.165, 1.54) is 6.07 Å². The number of halogens is 1. The van der Waals surface area contributed by atoms with E-state index >= 15 is 0 Å². The number of carbonyl (C=O) groups is 1. The number of aromatic nitrogens is 3. The molecule has 2 aromatic heterocycles. The van der Waals surface area contributed by atoms with Crippen molar-refractivity contribution in [3.63, 3.8) is 0 Å². The molecule has 0 saturated carbocycles. The van der Waals surface area contributed by atoms with Crippen molar-refractivity contribution in [2.24, 2.45) is 12.8 Å². The first-order valence-corrected chi connectivity index (χ1v) is 11.7. The summed E-state index contributed by atoms with van der Waals surface area (Å²) in [5, 5.41) is 10.9. The number of aryl methyl sites for hydroxylation is 3. The Hall–Kier alpha value is -3.36. The molecule has 1 aliphatic heterocycles. The molecule has 2 aromatic carbocycles. The molecule has 8 nitrogen and oxygen atoms in total. The molecule has 5 rings (SSSR count). The largest absolute Gasteiger partial charge is 0.478 e. The Labute approximate surface area is 201 Å². The van der Waals surface area contributed by atoms with E-state index in [1.807, 2.05) is 28.8 Å². The molecule has 1 fully saturated rings. The van der Waals surface area contributed by atoms with E-state index in [-0.39, 0.29) is 17.2 Å². The fourth-order valence-corrected chi connectivity index (χ4v) is 5.07. The quantitative estimate of drug-likeness (QED) is 0.454. The summed E-state index contributed by atoms with van der Waals surface area (Å²) in [6.07, 6.45) is 2.51. The summed E-state index contributed by atoms with van der Waals surface area (Å²) >= 11 is 6.40. The third-order valence-corrected chi connectivity index (χ3v) is 6.99. The van der Waals surface area contributed by atoms with Gasteiger partial charge in [0.15, 0.2) is 0 Å². The van der Waals surface area contributed by atoms with Crippen LogP contribution in [0.15, 0.2) is 47.3 Å². The number of aromatic carboxylic acids is 1. The molecule has 0 unspecified atom stereocenters. The number of rotatable bonds is 5. The smallest absolute Gasteiger partial charge is 0.335 e. The van der Waals surface area contributed by atoms with E-state index in [4.69, 9.17) is 22.3 Å². The van der Waals surface area contributed by atoms with Gasteiger partial charge in [0, 0.05) is 43.1 Å². The minimum absolute atomic E-state index is 0.0313. The van der Waals surface area contributed by atoms with Gasteiger partial charge in [-0.25, -0.2) is 9.78 Å². The van der Waals surface area contributed by atoms with E-state index < -0.39 is 5.97 Å². The number of hydrogen-bond acceptors (Lipinski definition) is 5. The van der Waals surface area contributed by atoms with Crippen molar-refractivity contribution in [2.75, 3.05) is 18.0 Å². The highest BCUT2D eigenvalue weighted by atomic mass is 35.5. The summed E-state index contributed by atoms with van der Waals surface area (Å²) in [5.74, 6) is -0.341. The average molecular weight is 480 g/mol. The van der Waals surface area contributed by atoms with Crippen molar-refractivity contribution in [2.45, 2.75) is 31.8 Å². The Morgan fingerprint density at radius 3 is 2.79 bits per heavy atom. The molecule has 0 spiro atoms. The molecule has 1 saturated heterocycles. The van der Waals surface area contributed by atoms with Gasteiger partial charge in [0.2, 0.25) is 5.95 Å². The fraction of sp³-hybridized carbons (Fsp3) is 0.320. The third-order valence-electron chi connectivity index (χ3n) is 6.62. The van der Waals surface area contributed by atoms with E-state index in [0.717, 1.165) is 24.9 Å². The highest BCUT2D eigenvalue weighted by molar-refractivity contribution is 6.31. The third kappa shape index (κ3) is 3.82. The number of imidazole rings is 1. The van der Waals surface area contributed by atoms with Crippen molar-refractivity contribution < 1.29 is 9.90 Å². The molecule has 3 heterocycles. The lowest BCUT2D eigenvalue weighted by Gasteiger charge is -2.32. The van der Waals surface area contributed by atoms with Crippen molar-refractivity contribution in [1.82, 2.24) is 14.1 Å². The van der Waals surface area contributed by atoms with Crippen molar-refractivity contribution in [3.8, 4) is 0 Å². The topological polar surface area (TPSA) is 106 Å². The van der Waals surface area contributed by atoms with Gasteiger partial charge in [-0.2, -0.15) is 0 Å². The number of carboxylic acid groups (broad SMARTS) is 1. The van der Waals surface area contributed by atoms with E-state index in [9.17, 15) is 14.7 Å². The van der Waals surface area contributed by atoms with Gasteiger partial charge in [0.1, 0.15) is 11.0 Å². The zero-order valence-electron chi connectivity index (χ0n) is 18.9. The molecule has 0 radical (unpaired) electrons. The lowest BCUT2D eigenvalue weighted by molar-refractivity contribution is 0.0697. The van der Waals surface area contributed by atoms with Gasteiger partial charge in [-0.15, -0.1) is 0 Å². The number of benzene rings is 2. The molecule has 0 bridgehead atoms. The van der Waals surface area contributed by atoms with Crippen LogP contribution in [0.1, 0.15) is 28.8 Å². The minimum Gasteiger partial charge on any atom is -0.478 e. The first-order valence-electron chi connectivity index (χ1n) is 11.4. The van der Waals surface area contributed by atoms with Crippen LogP contribution in [0, 0.1) is 0 Å². The van der Waals surface area contributed by atoms with Crippen LogP contribution in [-0.4, -0.2) is 44.3 Å². The van der Waals surface area contributed by atoms with E-state index in [1.54, 1.807) is 23.7 Å². The maximum atomic E-state index is 13.5. The second kappa shape index (κ2) is 8.77. The standard InChI is InChI=1S/C25H26ClN5O3/c1-29-20-9-8-16(24(33)34)13-18(20)21-22(23(29)32)31(12-10-15-5-2-3-7-19(15)26)25(28-21)30-11-4-6-17(27)14-30/h2-3,5,7-9,13,17H,4,6,10-12,14,27H2,1H3,(H,33,34)/t17-/m1/s1. The van der Waals surface area contributed by atoms with E-state index in [0.29, 0.717) is 52.4 Å². The van der Waals surface area contributed by atoms with Crippen LogP contribution in [-0.2, 0) is 20.0 Å². The second-order valence-corrected chi connectivity index (χ2v) is 9.26. The van der Waals surface area contributed by atoms with Gasteiger partial charge >= 0.3 is 5.97 Å². The number of piperidine rings is 1. The van der Waals surface area contributed by atoms with Crippen LogP contribution < -0.4 is 16.2 Å². The first-order chi connectivity index (χ1) is 16.3. The van der Waals surface area contributed by atoms with Crippen LogP contribution in [0.2, 0.25) is 5.02 Å². The average Bonchev–Trinajstić information content (AvgIpc) is 3.21. The number of nitrogens with two attached hydrogens (primary N) is 1. The molecule has 3 N–H and O–H groups in total. The summed E-state index contributed by atoms with van der Waals surface area (Å²) in [6, 6.07) is 12.5. The monoisotopic (exact) mass is 479 g/mol. The molecule has 4 aromatic rings. The summed E-state index contributed by atoms with van der Waals surface area (Å²) < 4.78 is 3.51. The minimum atomic E-state index is -1.02. The van der Waals surface area contributed by atoms with Gasteiger partial charge in [-0.05, 0) is 49.1 Å². The Bertz CT molecular complexity index is 1480. The predicted octanol–water partition coefficient (Wildman–Crippen LogP) is 3.41. The molecule has 176 valence electrons. The summed E-state index contributed by atoms with van der Waals surface area (Å²) in [4.78, 5) is 32.2. The zero-order chi connectivity index (χ0) is 24.0. The Morgan fingerprint density at radius 1 is 1.26 bits per heavy atom. The van der Waals surface area contributed by atoms with Crippen LogP contribution in [0.5, 0.6) is 0 Å². The van der Waals surface area contributed by atoms with Gasteiger partial charge in [-0.3, -0.25) is 4.79 Å². The highest BCUT2D eigenvalue weighted by Crippen LogP contribution is 2.30. The Balaban J connectivity index is 1.74. The lowest BCUT2D eigenvalue weighted by Crippen LogP contribution is -2.44. The highest BCUT2D eigenvalue weighted by Gasteiger charge is 2.26. The number of nitrogens with zero attached hydrogens (tertiary/aromatic N) is 4. The first kappa shape index (κ1) is 22.4. The zero-order valence-corrected chi connectivity index (χ0v) is 19.6. The van der Waals surface area contributed by atoms with E-state index in [2.05, 4.69) is 4.90 Å². The number of anilines is 1. The van der Waals surface area contributed by atoms with Crippen molar-refractivity contribution in [1.29, 1.82) is 0 Å². The molecule has 34 heavy (non-hydrogen) atoms. The number of pyridine rings is 1. The summed E-state index contributed by atoms with van der Waals surface area (Å²) in [6.45, 7) is 1.94. The molecule has 1 aliphatic rings. The lowest BCUT2D eigenvalue weighted by atomic mass is 10.1. The maximum absolute atomic E-state index is 13.5. The summed E-state index contributed by atoms with van der Waals surface area (Å²) in [7, 11) is 1.70. The second-order valence-electron chi connectivity index (χ2n) is 8.85. The Kier molecular flexibility index (Phi) is 5.79. The van der Waals surface area contributed by atoms with Crippen molar-refractivity contribution >= 4 is 45.5 Å². The molecule has 0 amide bonds. The van der Waals surface area contributed by atoms with Gasteiger partial charge in [0.25, 0.3) is 5.56 Å². The number of fused-ring (bicyclic) bond motifs is 3. The van der Waals surface area contributed by atoms with Gasteiger partial charge < -0.3 is 24.9 Å². The van der Waals surface area contributed by atoms with Crippen LogP contribution in [0.4, 0.5) is 5.95 Å². The normalized spacial score (nSPS) is 16.4. The SMILES string of the molecule is Cn1c(=O)c2c(nc(N3CCC[C@@H](N)C3)n2CCc2ccccc2Cl)c2cc(C(=O)O)ccc21. The summed E-state index contributed by atoms with van der Waals surface area (Å²) in [5.41, 5.74) is 8.83. The molecule has 9 heteroatoms. The fourth-order valence-electron chi connectivity index (χ4n) is 4.84. The maximum Gasteiger partial charge on any atom is 0.335 e. The molecule has 0 aliphatic carbocycles. The number of hydrogen-bond donors (Lipinski definition) is 2. The van der Waals surface area contributed by atoms with Crippen LogP contribution >= 0.6 is 11.6 Å². The predicted molar refractivity (Wildman–Crippen MR) is 134 cm³/mol. The van der Waals surface area contributed by atoms with Crippen LogP contribution in [0.3, 0.4) is 0 Å². The molecular weight excluding hydrogens is 454 g/mol. The van der Waals surface area contributed by atoms with Gasteiger partial charge in [-0.1, -0.05) is 29.8 Å².